The molecule has 0 atom stereocenters. The molecule has 0 saturated heterocycles. The van der Waals surface area contributed by atoms with Crippen molar-refractivity contribution >= 4 is 45.2 Å². The zero-order valence-electron chi connectivity index (χ0n) is 16.0. The molecule has 0 spiro atoms. The van der Waals surface area contributed by atoms with E-state index in [0.717, 1.165) is 7.14 Å². The zero-order valence-corrected chi connectivity index (χ0v) is 20.4. The summed E-state index contributed by atoms with van der Waals surface area (Å²) in [6, 6.07) is 34.1. The molecule has 0 aliphatic heterocycles. The minimum Gasteiger partial charge on any atom is -0.377 e. The summed E-state index contributed by atoms with van der Waals surface area (Å²) in [4.78, 5) is 0. The molecule has 0 heterocycles. The number of rotatable bonds is 5. The highest BCUT2D eigenvalue weighted by molar-refractivity contribution is 14.1. The highest BCUT2D eigenvalue weighted by atomic mass is 127. The van der Waals surface area contributed by atoms with Gasteiger partial charge in [-0.05, 0) is 91.7 Å². The predicted octanol–water partition coefficient (Wildman–Crippen LogP) is 6.07. The van der Waals surface area contributed by atoms with Gasteiger partial charge in [0.25, 0.3) is 0 Å². The van der Waals surface area contributed by atoms with Gasteiger partial charge >= 0.3 is 0 Å². The predicted molar refractivity (Wildman–Crippen MR) is 137 cm³/mol. The Bertz CT molecular complexity index is 1020. The Hall–Kier alpha value is -1.74. The SMILES string of the molecule is OC(c1ccccc1)(c1ccccc1)C(O)(c1ccc(I)cc1)c1ccc(I)cc1. The Kier molecular flexibility index (Phi) is 6.29. The van der Waals surface area contributed by atoms with Gasteiger partial charge in [-0.1, -0.05) is 84.9 Å². The summed E-state index contributed by atoms with van der Waals surface area (Å²) in [6.45, 7) is 0. The molecule has 30 heavy (non-hydrogen) atoms. The number of aliphatic hydroxyl groups is 2. The largest absolute Gasteiger partial charge is 0.377 e. The molecule has 2 nitrogen and oxygen atoms in total. The summed E-state index contributed by atoms with van der Waals surface area (Å²) in [5, 5.41) is 25.0. The first-order valence-corrected chi connectivity index (χ1v) is 11.7. The molecule has 0 aromatic heterocycles. The van der Waals surface area contributed by atoms with Crippen LogP contribution in [0, 0.1) is 7.14 Å². The molecule has 4 rings (SSSR count). The molecule has 0 fully saturated rings. The summed E-state index contributed by atoms with van der Waals surface area (Å²) >= 11 is 4.49. The van der Waals surface area contributed by atoms with E-state index in [1.54, 1.807) is 0 Å². The monoisotopic (exact) mass is 618 g/mol. The number of hydrogen-bond acceptors (Lipinski definition) is 2. The number of benzene rings is 4. The summed E-state index contributed by atoms with van der Waals surface area (Å²) in [5.74, 6) is 0. The second kappa shape index (κ2) is 8.78. The standard InChI is InChI=1S/C26H20I2O2/c27-23-15-11-21(12-16-23)26(30,22-13-17-24(28)18-14-22)25(29,19-7-3-1-4-8-19)20-9-5-2-6-10-20/h1-18,29-30H. The minimum absolute atomic E-state index is 0.621. The van der Waals surface area contributed by atoms with Crippen molar-refractivity contribution in [1.29, 1.82) is 0 Å². The fraction of sp³-hybridized carbons (Fsp3) is 0.0769. The first kappa shape index (κ1) is 21.5. The Morgan fingerprint density at radius 3 is 0.967 bits per heavy atom. The minimum atomic E-state index is -1.72. The molecule has 150 valence electrons. The van der Waals surface area contributed by atoms with Gasteiger partial charge in [-0.25, -0.2) is 0 Å². The van der Waals surface area contributed by atoms with Crippen molar-refractivity contribution < 1.29 is 10.2 Å². The maximum atomic E-state index is 12.5. The van der Waals surface area contributed by atoms with E-state index in [1.807, 2.05) is 109 Å². The Balaban J connectivity index is 2.08. The lowest BCUT2D eigenvalue weighted by atomic mass is 9.66. The van der Waals surface area contributed by atoms with Crippen LogP contribution in [0.3, 0.4) is 0 Å². The van der Waals surface area contributed by atoms with Crippen LogP contribution in [0.15, 0.2) is 109 Å². The zero-order chi connectivity index (χ0) is 21.2. The van der Waals surface area contributed by atoms with Crippen LogP contribution in [-0.4, -0.2) is 10.2 Å². The van der Waals surface area contributed by atoms with Crippen molar-refractivity contribution in [3.05, 3.63) is 139 Å². The van der Waals surface area contributed by atoms with Crippen LogP contribution < -0.4 is 0 Å². The Morgan fingerprint density at radius 2 is 0.667 bits per heavy atom. The molecule has 4 heteroatoms. The van der Waals surface area contributed by atoms with Gasteiger partial charge in [0.05, 0.1) is 0 Å². The van der Waals surface area contributed by atoms with E-state index >= 15 is 0 Å². The highest BCUT2D eigenvalue weighted by Gasteiger charge is 2.54. The van der Waals surface area contributed by atoms with E-state index < -0.39 is 11.2 Å². The molecule has 0 saturated carbocycles. The molecule has 2 N–H and O–H groups in total. The maximum absolute atomic E-state index is 12.5. The van der Waals surface area contributed by atoms with Crippen molar-refractivity contribution in [3.63, 3.8) is 0 Å². The average molecular weight is 618 g/mol. The molecule has 0 amide bonds. The van der Waals surface area contributed by atoms with E-state index in [4.69, 9.17) is 0 Å². The Morgan fingerprint density at radius 1 is 0.400 bits per heavy atom. The number of halogens is 2. The summed E-state index contributed by atoms with van der Waals surface area (Å²) in [6.07, 6.45) is 0. The maximum Gasteiger partial charge on any atom is 0.152 e. The van der Waals surface area contributed by atoms with Gasteiger partial charge in [0.2, 0.25) is 0 Å². The molecule has 0 bridgehead atoms. The third-order valence-electron chi connectivity index (χ3n) is 5.43. The van der Waals surface area contributed by atoms with Gasteiger partial charge in [-0.3, -0.25) is 0 Å². The van der Waals surface area contributed by atoms with Crippen molar-refractivity contribution in [2.24, 2.45) is 0 Å². The van der Waals surface area contributed by atoms with Crippen LogP contribution in [0.1, 0.15) is 22.3 Å². The third-order valence-corrected chi connectivity index (χ3v) is 6.87. The van der Waals surface area contributed by atoms with E-state index in [0.29, 0.717) is 22.3 Å². The molecule has 0 radical (unpaired) electrons. The lowest BCUT2D eigenvalue weighted by Crippen LogP contribution is -2.51. The van der Waals surface area contributed by atoms with Crippen molar-refractivity contribution in [1.82, 2.24) is 0 Å². The van der Waals surface area contributed by atoms with E-state index in [1.165, 1.54) is 0 Å². The molecule has 4 aromatic carbocycles. The van der Waals surface area contributed by atoms with Crippen molar-refractivity contribution in [2.75, 3.05) is 0 Å². The van der Waals surface area contributed by atoms with E-state index in [9.17, 15) is 10.2 Å². The molecule has 0 aliphatic carbocycles. The quantitative estimate of drug-likeness (QED) is 0.267. The first-order valence-electron chi connectivity index (χ1n) is 9.54. The third kappa shape index (κ3) is 3.70. The molecule has 0 aliphatic rings. The normalized spacial score (nSPS) is 12.0. The lowest BCUT2D eigenvalue weighted by molar-refractivity contribution is -0.113. The summed E-state index contributed by atoms with van der Waals surface area (Å²) in [7, 11) is 0. The van der Waals surface area contributed by atoms with Crippen LogP contribution in [0.4, 0.5) is 0 Å². The molecular formula is C26H20I2O2. The smallest absolute Gasteiger partial charge is 0.152 e. The van der Waals surface area contributed by atoms with Gasteiger partial charge in [0.15, 0.2) is 11.2 Å². The van der Waals surface area contributed by atoms with Crippen LogP contribution in [0.5, 0.6) is 0 Å². The van der Waals surface area contributed by atoms with Gasteiger partial charge in [0, 0.05) is 7.14 Å². The number of hydrogen-bond donors (Lipinski definition) is 2. The van der Waals surface area contributed by atoms with Crippen LogP contribution in [0.25, 0.3) is 0 Å². The summed E-state index contributed by atoms with van der Waals surface area (Å²) < 4.78 is 2.12. The van der Waals surface area contributed by atoms with Gasteiger partial charge < -0.3 is 10.2 Å². The fourth-order valence-electron chi connectivity index (χ4n) is 3.91. The Labute approximate surface area is 203 Å². The summed E-state index contributed by atoms with van der Waals surface area (Å²) in [5.41, 5.74) is -0.940. The van der Waals surface area contributed by atoms with E-state index in [2.05, 4.69) is 45.2 Å². The molecule has 4 aromatic rings. The molecular weight excluding hydrogens is 598 g/mol. The molecule has 0 unspecified atom stereocenters. The highest BCUT2D eigenvalue weighted by Crippen LogP contribution is 2.49. The second-order valence-corrected chi connectivity index (χ2v) is 9.66. The van der Waals surface area contributed by atoms with Crippen LogP contribution in [0.2, 0.25) is 0 Å². The lowest BCUT2D eigenvalue weighted by Gasteiger charge is -2.45. The van der Waals surface area contributed by atoms with E-state index in [-0.39, 0.29) is 0 Å². The fourth-order valence-corrected chi connectivity index (χ4v) is 4.63. The van der Waals surface area contributed by atoms with Crippen LogP contribution >= 0.6 is 45.2 Å². The van der Waals surface area contributed by atoms with Gasteiger partial charge in [-0.15, -0.1) is 0 Å². The van der Waals surface area contributed by atoms with Crippen LogP contribution in [-0.2, 0) is 11.2 Å². The van der Waals surface area contributed by atoms with Crippen molar-refractivity contribution in [2.45, 2.75) is 11.2 Å². The van der Waals surface area contributed by atoms with Gasteiger partial charge in [0.1, 0.15) is 0 Å². The second-order valence-electron chi connectivity index (χ2n) is 7.17. The topological polar surface area (TPSA) is 40.5 Å². The first-order chi connectivity index (χ1) is 14.5. The average Bonchev–Trinajstić information content (AvgIpc) is 2.80. The van der Waals surface area contributed by atoms with Gasteiger partial charge in [-0.2, -0.15) is 0 Å². The van der Waals surface area contributed by atoms with Crippen molar-refractivity contribution in [3.8, 4) is 0 Å².